The molecule has 162 valence electrons. The van der Waals surface area contributed by atoms with Crippen molar-refractivity contribution in [1.29, 1.82) is 0 Å². The Balaban J connectivity index is 1.40. The van der Waals surface area contributed by atoms with E-state index in [2.05, 4.69) is 62.5 Å². The minimum Gasteiger partial charge on any atom is -0.490 e. The van der Waals surface area contributed by atoms with Crippen LogP contribution in [0.5, 0.6) is 5.75 Å². The monoisotopic (exact) mass is 399 g/mol. The van der Waals surface area contributed by atoms with Crippen molar-refractivity contribution in [2.75, 3.05) is 19.8 Å². The lowest BCUT2D eigenvalue weighted by Crippen LogP contribution is -2.43. The summed E-state index contributed by atoms with van der Waals surface area (Å²) in [6.45, 7) is 9.02. The Morgan fingerprint density at radius 3 is 2.52 bits per heavy atom. The highest BCUT2D eigenvalue weighted by Gasteiger charge is 2.39. The van der Waals surface area contributed by atoms with Gasteiger partial charge < -0.3 is 9.47 Å². The fourth-order valence-corrected chi connectivity index (χ4v) is 4.93. The summed E-state index contributed by atoms with van der Waals surface area (Å²) in [6.07, 6.45) is 15.7. The van der Waals surface area contributed by atoms with Gasteiger partial charge in [-0.2, -0.15) is 0 Å². The molecular formula is C26H41NO2. The van der Waals surface area contributed by atoms with Crippen LogP contribution < -0.4 is 10.1 Å². The van der Waals surface area contributed by atoms with Crippen molar-refractivity contribution in [3.63, 3.8) is 0 Å². The van der Waals surface area contributed by atoms with Crippen LogP contribution in [-0.4, -0.2) is 19.8 Å². The van der Waals surface area contributed by atoms with Gasteiger partial charge in [0.1, 0.15) is 18.1 Å². The summed E-state index contributed by atoms with van der Waals surface area (Å²) >= 11 is 0. The lowest BCUT2D eigenvalue weighted by molar-refractivity contribution is -0.0533. The summed E-state index contributed by atoms with van der Waals surface area (Å²) in [5.74, 6) is 3.03. The first-order valence-corrected chi connectivity index (χ1v) is 11.9. The van der Waals surface area contributed by atoms with Crippen LogP contribution in [0.25, 0.3) is 0 Å². The molecule has 0 bridgehead atoms. The van der Waals surface area contributed by atoms with Gasteiger partial charge in [-0.05, 0) is 55.2 Å². The molecule has 1 saturated carbocycles. The van der Waals surface area contributed by atoms with Gasteiger partial charge in [-0.1, -0.05) is 70.7 Å². The zero-order valence-electron chi connectivity index (χ0n) is 18.8. The average Bonchev–Trinajstić information content (AvgIpc) is 3.24. The predicted molar refractivity (Wildman–Crippen MR) is 121 cm³/mol. The summed E-state index contributed by atoms with van der Waals surface area (Å²) in [5, 5.41) is 3.54. The number of ether oxygens (including phenoxy) is 2. The van der Waals surface area contributed by atoms with Crippen molar-refractivity contribution in [2.45, 2.75) is 77.9 Å². The van der Waals surface area contributed by atoms with Crippen LogP contribution in [0.15, 0.2) is 36.4 Å². The minimum absolute atomic E-state index is 0.353. The van der Waals surface area contributed by atoms with Crippen LogP contribution >= 0.6 is 0 Å². The Bertz CT molecular complexity index is 608. The van der Waals surface area contributed by atoms with Gasteiger partial charge in [0.25, 0.3) is 0 Å². The molecule has 2 fully saturated rings. The Hall–Kier alpha value is -1.32. The van der Waals surface area contributed by atoms with Gasteiger partial charge in [0.15, 0.2) is 0 Å². The number of rotatable bonds is 10. The zero-order valence-corrected chi connectivity index (χ0v) is 18.8. The molecule has 1 aliphatic carbocycles. The van der Waals surface area contributed by atoms with Gasteiger partial charge in [0.2, 0.25) is 0 Å². The highest BCUT2D eigenvalue weighted by atomic mass is 16.5. The first-order valence-electron chi connectivity index (χ1n) is 11.9. The summed E-state index contributed by atoms with van der Waals surface area (Å²) < 4.78 is 12.0. The number of hydrogen-bond donors (Lipinski definition) is 1. The maximum absolute atomic E-state index is 6.07. The Morgan fingerprint density at radius 1 is 1.14 bits per heavy atom. The van der Waals surface area contributed by atoms with E-state index >= 15 is 0 Å². The van der Waals surface area contributed by atoms with Gasteiger partial charge >= 0.3 is 0 Å². The molecule has 3 rings (SSSR count). The molecule has 0 aromatic heterocycles. The highest BCUT2D eigenvalue weighted by Crippen LogP contribution is 2.35. The molecule has 3 heteroatoms. The standard InChI is InChI=1S/C26H41NO2/c1-4-5-6-8-22-10-12-23(13-11-22)9-7-19-28-25-16-14-24(15-17-25)26(21(2)3)27-18-20-29-26/h7,9,14-17,21-23,27H,4-6,8,10-13,18-20H2,1-3H3. The molecule has 0 amide bonds. The summed E-state index contributed by atoms with van der Waals surface area (Å²) in [6, 6.07) is 8.41. The van der Waals surface area contributed by atoms with Gasteiger partial charge in [0, 0.05) is 12.5 Å². The molecule has 1 aromatic rings. The number of benzene rings is 1. The van der Waals surface area contributed by atoms with Gasteiger partial charge in [-0.3, -0.25) is 5.32 Å². The van der Waals surface area contributed by atoms with Gasteiger partial charge in [-0.15, -0.1) is 0 Å². The van der Waals surface area contributed by atoms with Crippen LogP contribution in [0.1, 0.15) is 77.7 Å². The number of allylic oxidation sites excluding steroid dienone is 1. The van der Waals surface area contributed by atoms with E-state index in [4.69, 9.17) is 9.47 Å². The molecule has 0 radical (unpaired) electrons. The molecule has 0 spiro atoms. The van der Waals surface area contributed by atoms with Gasteiger partial charge in [-0.25, -0.2) is 0 Å². The first kappa shape index (κ1) is 22.4. The van der Waals surface area contributed by atoms with E-state index in [1.807, 2.05) is 0 Å². The molecule has 3 nitrogen and oxygen atoms in total. The summed E-state index contributed by atoms with van der Waals surface area (Å²) in [5.41, 5.74) is 0.831. The molecule has 1 unspecified atom stereocenters. The summed E-state index contributed by atoms with van der Waals surface area (Å²) in [7, 11) is 0. The lowest BCUT2D eigenvalue weighted by atomic mass is 9.79. The zero-order chi connectivity index (χ0) is 20.5. The van der Waals surface area contributed by atoms with Crippen molar-refractivity contribution in [3.05, 3.63) is 42.0 Å². The Morgan fingerprint density at radius 2 is 1.90 bits per heavy atom. The molecular weight excluding hydrogens is 358 g/mol. The van der Waals surface area contributed by atoms with Crippen LogP contribution in [0.3, 0.4) is 0 Å². The SMILES string of the molecule is CCCCCC1CCC(C=CCOc2ccc(C3(C(C)C)NCCO3)cc2)CC1. The second kappa shape index (κ2) is 11.2. The molecule has 1 aliphatic heterocycles. The fourth-order valence-electron chi connectivity index (χ4n) is 4.93. The number of unbranched alkanes of at least 4 members (excludes halogenated alkanes) is 2. The molecule has 1 heterocycles. The average molecular weight is 400 g/mol. The quantitative estimate of drug-likeness (QED) is 0.363. The fraction of sp³-hybridized carbons (Fsp3) is 0.692. The second-order valence-corrected chi connectivity index (χ2v) is 9.21. The van der Waals surface area contributed by atoms with Crippen molar-refractivity contribution in [2.24, 2.45) is 17.8 Å². The van der Waals surface area contributed by atoms with E-state index in [1.54, 1.807) is 0 Å². The van der Waals surface area contributed by atoms with E-state index in [-0.39, 0.29) is 5.72 Å². The van der Waals surface area contributed by atoms with Crippen molar-refractivity contribution in [1.82, 2.24) is 5.32 Å². The van der Waals surface area contributed by atoms with Crippen LogP contribution in [0, 0.1) is 17.8 Å². The van der Waals surface area contributed by atoms with Crippen LogP contribution in [0.4, 0.5) is 0 Å². The maximum Gasteiger partial charge on any atom is 0.147 e. The topological polar surface area (TPSA) is 30.5 Å². The second-order valence-electron chi connectivity index (χ2n) is 9.21. The van der Waals surface area contributed by atoms with E-state index in [0.29, 0.717) is 12.5 Å². The van der Waals surface area contributed by atoms with Crippen LogP contribution in [-0.2, 0) is 10.5 Å². The van der Waals surface area contributed by atoms with Crippen LogP contribution in [0.2, 0.25) is 0 Å². The largest absolute Gasteiger partial charge is 0.490 e. The Labute approximate surface area is 178 Å². The van der Waals surface area contributed by atoms with E-state index in [9.17, 15) is 0 Å². The summed E-state index contributed by atoms with van der Waals surface area (Å²) in [4.78, 5) is 0. The molecule has 1 atom stereocenters. The molecule has 2 aliphatic rings. The van der Waals surface area contributed by atoms with Crippen molar-refractivity contribution < 1.29 is 9.47 Å². The number of nitrogens with one attached hydrogen (secondary N) is 1. The first-order chi connectivity index (χ1) is 14.1. The number of hydrogen-bond acceptors (Lipinski definition) is 3. The highest BCUT2D eigenvalue weighted by molar-refractivity contribution is 5.31. The molecule has 1 N–H and O–H groups in total. The third-order valence-electron chi connectivity index (χ3n) is 6.78. The molecule has 1 aromatic carbocycles. The normalized spacial score (nSPS) is 27.7. The minimum atomic E-state index is -0.353. The van der Waals surface area contributed by atoms with E-state index in [1.165, 1.54) is 56.9 Å². The molecule has 1 saturated heterocycles. The Kier molecular flexibility index (Phi) is 8.62. The van der Waals surface area contributed by atoms with Gasteiger partial charge in [0.05, 0.1) is 6.61 Å². The third-order valence-corrected chi connectivity index (χ3v) is 6.78. The van der Waals surface area contributed by atoms with Crippen molar-refractivity contribution >= 4 is 0 Å². The predicted octanol–water partition coefficient (Wildman–Crippen LogP) is 6.44. The maximum atomic E-state index is 6.07. The lowest BCUT2D eigenvalue weighted by Gasteiger charge is -2.33. The smallest absolute Gasteiger partial charge is 0.147 e. The third kappa shape index (κ3) is 6.08. The van der Waals surface area contributed by atoms with E-state index in [0.717, 1.165) is 30.7 Å². The van der Waals surface area contributed by atoms with E-state index < -0.39 is 0 Å². The van der Waals surface area contributed by atoms with Crippen molar-refractivity contribution in [3.8, 4) is 5.75 Å². The molecule has 29 heavy (non-hydrogen) atoms.